The first kappa shape index (κ1) is 18.5. The molecule has 0 aromatic carbocycles. The second-order valence-electron chi connectivity index (χ2n) is 5.21. The highest BCUT2D eigenvalue weighted by atomic mass is 35.5. The highest BCUT2D eigenvalue weighted by Crippen LogP contribution is 2.32. The van der Waals surface area contributed by atoms with Crippen LogP contribution in [0.15, 0.2) is 41.8 Å². The van der Waals surface area contributed by atoms with Crippen molar-refractivity contribution >= 4 is 40.7 Å². The minimum Gasteiger partial charge on any atom is -0.308 e. The average Bonchev–Trinajstić information content (AvgIpc) is 2.99. The molecule has 1 N–H and O–H groups in total. The van der Waals surface area contributed by atoms with E-state index >= 15 is 0 Å². The Morgan fingerprint density at radius 2 is 2.12 bits per heavy atom. The molecule has 0 aliphatic heterocycles. The Morgan fingerprint density at radius 1 is 1.35 bits per heavy atom. The zero-order valence-electron chi connectivity index (χ0n) is 13.2. The number of aromatic nitrogens is 4. The lowest BCUT2D eigenvalue weighted by atomic mass is 10.2. The number of nitrogens with zero attached hydrogens (tertiary/aromatic N) is 4. The Balaban J connectivity index is 1.71. The number of pyridine rings is 2. The van der Waals surface area contributed by atoms with E-state index in [-0.39, 0.29) is 10.8 Å². The Labute approximate surface area is 154 Å². The molecule has 0 spiro atoms. The van der Waals surface area contributed by atoms with Crippen molar-refractivity contribution in [3.05, 3.63) is 47.2 Å². The fourth-order valence-electron chi connectivity index (χ4n) is 2.01. The van der Waals surface area contributed by atoms with Gasteiger partial charge in [-0.15, -0.1) is 10.2 Å². The molecule has 3 aromatic heterocycles. The van der Waals surface area contributed by atoms with E-state index in [4.69, 9.17) is 11.6 Å². The predicted molar refractivity (Wildman–Crippen MR) is 91.2 cm³/mol. The lowest BCUT2D eigenvalue weighted by Gasteiger charge is -2.13. The van der Waals surface area contributed by atoms with Crippen LogP contribution in [-0.4, -0.2) is 30.7 Å². The van der Waals surface area contributed by atoms with E-state index in [0.717, 1.165) is 11.8 Å². The van der Waals surface area contributed by atoms with Crippen LogP contribution in [0.25, 0.3) is 5.65 Å². The molecule has 0 saturated heterocycles. The number of nitrogens with one attached hydrogen (secondary N) is 1. The first-order valence-corrected chi connectivity index (χ1v) is 8.51. The van der Waals surface area contributed by atoms with Crippen LogP contribution in [0.1, 0.15) is 12.5 Å². The van der Waals surface area contributed by atoms with Gasteiger partial charge in [-0.2, -0.15) is 13.2 Å². The molecule has 26 heavy (non-hydrogen) atoms. The molecule has 0 aliphatic carbocycles. The van der Waals surface area contributed by atoms with Gasteiger partial charge in [-0.1, -0.05) is 29.4 Å². The summed E-state index contributed by atoms with van der Waals surface area (Å²) in [5.74, 6) is -0.611. The summed E-state index contributed by atoms with van der Waals surface area (Å²) >= 11 is 6.94. The number of anilines is 1. The number of hydrogen-bond donors (Lipinski definition) is 1. The number of alkyl halides is 3. The van der Waals surface area contributed by atoms with E-state index in [1.165, 1.54) is 0 Å². The maximum atomic E-state index is 12.6. The van der Waals surface area contributed by atoms with Crippen molar-refractivity contribution in [2.24, 2.45) is 0 Å². The molecule has 0 unspecified atom stereocenters. The Morgan fingerprint density at radius 3 is 2.81 bits per heavy atom. The lowest BCUT2D eigenvalue weighted by molar-refractivity contribution is -0.137. The van der Waals surface area contributed by atoms with Gasteiger partial charge < -0.3 is 5.32 Å². The summed E-state index contributed by atoms with van der Waals surface area (Å²) in [5, 5.41) is 10.0. The second kappa shape index (κ2) is 7.12. The van der Waals surface area contributed by atoms with Crippen molar-refractivity contribution in [2.45, 2.75) is 23.5 Å². The van der Waals surface area contributed by atoms with Gasteiger partial charge in [0, 0.05) is 12.4 Å². The van der Waals surface area contributed by atoms with E-state index in [9.17, 15) is 18.0 Å². The van der Waals surface area contributed by atoms with Gasteiger partial charge in [0.05, 0.1) is 15.8 Å². The molecule has 1 amide bonds. The monoisotopic (exact) mass is 401 g/mol. The molecule has 0 bridgehead atoms. The molecule has 1 atom stereocenters. The number of amides is 1. The third kappa shape index (κ3) is 3.91. The minimum atomic E-state index is -4.56. The standard InChI is InChI=1S/C15H11ClF3N5OS/c1-8(26-14-23-22-11-4-2-3-5-24(11)14)13(25)21-12-10(16)6-9(7-20-12)15(17,18)19/h2-8H,1H3,(H,20,21,25)/t8-/m0/s1. The molecule has 0 saturated carbocycles. The normalized spacial score (nSPS) is 13.0. The van der Waals surface area contributed by atoms with E-state index in [2.05, 4.69) is 20.5 Å². The van der Waals surface area contributed by atoms with Gasteiger partial charge in [0.25, 0.3) is 0 Å². The maximum Gasteiger partial charge on any atom is 0.417 e. The predicted octanol–water partition coefficient (Wildman–Crippen LogP) is 3.92. The quantitative estimate of drug-likeness (QED) is 0.671. The molecular formula is C15H11ClF3N5OS. The Hall–Kier alpha value is -2.33. The molecular weight excluding hydrogens is 391 g/mol. The smallest absolute Gasteiger partial charge is 0.308 e. The van der Waals surface area contributed by atoms with Crippen molar-refractivity contribution in [3.63, 3.8) is 0 Å². The van der Waals surface area contributed by atoms with Gasteiger partial charge in [-0.3, -0.25) is 9.20 Å². The lowest BCUT2D eigenvalue weighted by Crippen LogP contribution is -2.23. The van der Waals surface area contributed by atoms with Gasteiger partial charge in [0.15, 0.2) is 16.6 Å². The molecule has 3 aromatic rings. The Kier molecular flexibility index (Phi) is 5.05. The van der Waals surface area contributed by atoms with Crippen LogP contribution in [0, 0.1) is 0 Å². The van der Waals surface area contributed by atoms with E-state index < -0.39 is 22.9 Å². The van der Waals surface area contributed by atoms with Crippen LogP contribution >= 0.6 is 23.4 Å². The van der Waals surface area contributed by atoms with Crippen LogP contribution in [0.2, 0.25) is 5.02 Å². The van der Waals surface area contributed by atoms with Gasteiger partial charge in [0.1, 0.15) is 0 Å². The molecule has 11 heteroatoms. The summed E-state index contributed by atoms with van der Waals surface area (Å²) < 4.78 is 39.6. The van der Waals surface area contributed by atoms with Gasteiger partial charge >= 0.3 is 6.18 Å². The molecule has 3 rings (SSSR count). The Bertz CT molecular complexity index is 962. The second-order valence-corrected chi connectivity index (χ2v) is 6.93. The summed E-state index contributed by atoms with van der Waals surface area (Å²) in [6.07, 6.45) is -2.18. The fourth-order valence-corrected chi connectivity index (χ4v) is 3.07. The van der Waals surface area contributed by atoms with Crippen LogP contribution in [0.4, 0.5) is 19.0 Å². The summed E-state index contributed by atoms with van der Waals surface area (Å²) in [7, 11) is 0. The zero-order chi connectivity index (χ0) is 18.9. The van der Waals surface area contributed by atoms with Gasteiger partial charge in [-0.25, -0.2) is 4.98 Å². The molecule has 3 heterocycles. The molecule has 6 nitrogen and oxygen atoms in total. The van der Waals surface area contributed by atoms with Crippen molar-refractivity contribution in [3.8, 4) is 0 Å². The van der Waals surface area contributed by atoms with E-state index in [0.29, 0.717) is 23.1 Å². The van der Waals surface area contributed by atoms with Crippen molar-refractivity contribution in [2.75, 3.05) is 5.32 Å². The number of fused-ring (bicyclic) bond motifs is 1. The topological polar surface area (TPSA) is 72.2 Å². The van der Waals surface area contributed by atoms with E-state index in [1.54, 1.807) is 29.7 Å². The third-order valence-corrected chi connectivity index (χ3v) is 4.69. The van der Waals surface area contributed by atoms with Crippen molar-refractivity contribution in [1.29, 1.82) is 0 Å². The average molecular weight is 402 g/mol. The zero-order valence-corrected chi connectivity index (χ0v) is 14.7. The molecule has 0 aliphatic rings. The third-order valence-electron chi connectivity index (χ3n) is 3.34. The van der Waals surface area contributed by atoms with E-state index in [1.807, 2.05) is 6.07 Å². The number of rotatable bonds is 4. The molecule has 136 valence electrons. The summed E-state index contributed by atoms with van der Waals surface area (Å²) in [5.41, 5.74) is -0.354. The van der Waals surface area contributed by atoms with Gasteiger partial charge in [-0.05, 0) is 25.1 Å². The van der Waals surface area contributed by atoms with Crippen LogP contribution in [-0.2, 0) is 11.0 Å². The van der Waals surface area contributed by atoms with Crippen molar-refractivity contribution in [1.82, 2.24) is 19.6 Å². The largest absolute Gasteiger partial charge is 0.417 e. The number of carbonyl (C=O) groups excluding carboxylic acids is 1. The maximum absolute atomic E-state index is 12.6. The number of halogens is 4. The first-order valence-electron chi connectivity index (χ1n) is 7.26. The minimum absolute atomic E-state index is 0.136. The number of hydrogen-bond acceptors (Lipinski definition) is 5. The summed E-state index contributed by atoms with van der Waals surface area (Å²) in [6, 6.07) is 6.10. The van der Waals surface area contributed by atoms with Crippen molar-refractivity contribution < 1.29 is 18.0 Å². The SMILES string of the molecule is C[C@H](Sc1nnc2ccccn12)C(=O)Nc1ncc(C(F)(F)F)cc1Cl. The number of carbonyl (C=O) groups is 1. The first-order chi connectivity index (χ1) is 12.3. The molecule has 0 fully saturated rings. The molecule has 0 radical (unpaired) electrons. The fraction of sp³-hybridized carbons (Fsp3) is 0.200. The highest BCUT2D eigenvalue weighted by Gasteiger charge is 2.32. The summed E-state index contributed by atoms with van der Waals surface area (Å²) in [4.78, 5) is 15.9. The number of thioether (sulfide) groups is 1. The van der Waals surface area contributed by atoms with Gasteiger partial charge in [0.2, 0.25) is 5.91 Å². The van der Waals surface area contributed by atoms with Crippen LogP contribution in [0.3, 0.4) is 0 Å². The summed E-state index contributed by atoms with van der Waals surface area (Å²) in [6.45, 7) is 1.63. The van der Waals surface area contributed by atoms with Crippen LogP contribution < -0.4 is 5.32 Å². The highest BCUT2D eigenvalue weighted by molar-refractivity contribution is 8.00. The van der Waals surface area contributed by atoms with Crippen LogP contribution in [0.5, 0.6) is 0 Å².